The van der Waals surface area contributed by atoms with Crippen molar-refractivity contribution in [3.8, 4) is 0 Å². The summed E-state index contributed by atoms with van der Waals surface area (Å²) in [5, 5.41) is 0. The molecule has 0 saturated carbocycles. The SMILES string of the molecule is CCN=C(c1ccc(C)cc1)c1c(N)cccc1N. The van der Waals surface area contributed by atoms with Gasteiger partial charge in [0, 0.05) is 29.0 Å². The van der Waals surface area contributed by atoms with E-state index in [2.05, 4.69) is 36.2 Å². The van der Waals surface area contributed by atoms with Gasteiger partial charge in [0.25, 0.3) is 0 Å². The maximum atomic E-state index is 6.06. The lowest BCUT2D eigenvalue weighted by molar-refractivity contribution is 1.13. The van der Waals surface area contributed by atoms with Crippen molar-refractivity contribution in [2.75, 3.05) is 18.0 Å². The molecule has 2 aromatic rings. The van der Waals surface area contributed by atoms with Gasteiger partial charge in [0.05, 0.1) is 5.71 Å². The van der Waals surface area contributed by atoms with Crippen LogP contribution in [0.15, 0.2) is 47.5 Å². The first-order chi connectivity index (χ1) is 9.13. The quantitative estimate of drug-likeness (QED) is 0.652. The van der Waals surface area contributed by atoms with Crippen molar-refractivity contribution in [2.24, 2.45) is 4.99 Å². The van der Waals surface area contributed by atoms with E-state index in [4.69, 9.17) is 11.5 Å². The highest BCUT2D eigenvalue weighted by Crippen LogP contribution is 2.24. The maximum absolute atomic E-state index is 6.06. The Hall–Kier alpha value is -2.29. The number of benzene rings is 2. The Balaban J connectivity index is 2.59. The molecule has 0 fully saturated rings. The highest BCUT2D eigenvalue weighted by atomic mass is 14.7. The van der Waals surface area contributed by atoms with E-state index < -0.39 is 0 Å². The van der Waals surface area contributed by atoms with E-state index in [1.807, 2.05) is 25.1 Å². The van der Waals surface area contributed by atoms with Crippen molar-refractivity contribution in [2.45, 2.75) is 13.8 Å². The highest BCUT2D eigenvalue weighted by Gasteiger charge is 2.13. The molecule has 0 aliphatic heterocycles. The molecule has 2 aromatic carbocycles. The van der Waals surface area contributed by atoms with Crippen LogP contribution in [0, 0.1) is 6.92 Å². The number of hydrogen-bond acceptors (Lipinski definition) is 3. The normalized spacial score (nSPS) is 11.6. The lowest BCUT2D eigenvalue weighted by Gasteiger charge is -2.13. The van der Waals surface area contributed by atoms with Crippen LogP contribution in [0.4, 0.5) is 11.4 Å². The van der Waals surface area contributed by atoms with Crippen LogP contribution in [0.1, 0.15) is 23.6 Å². The van der Waals surface area contributed by atoms with Gasteiger partial charge in [-0.15, -0.1) is 0 Å². The predicted octanol–water partition coefficient (Wildman–Crippen LogP) is 3.02. The number of hydrogen-bond donors (Lipinski definition) is 2. The molecule has 3 heteroatoms. The minimum absolute atomic E-state index is 0.660. The molecular formula is C16H19N3. The standard InChI is InChI=1S/C16H19N3/c1-3-19-16(12-9-7-11(2)8-10-12)15-13(17)5-4-6-14(15)18/h4-10H,3,17-18H2,1-2H3. The van der Waals surface area contributed by atoms with Crippen molar-refractivity contribution in [3.63, 3.8) is 0 Å². The molecule has 98 valence electrons. The summed E-state index contributed by atoms with van der Waals surface area (Å²) in [6, 6.07) is 13.8. The molecule has 4 N–H and O–H groups in total. The van der Waals surface area contributed by atoms with Gasteiger partial charge in [-0.2, -0.15) is 0 Å². The van der Waals surface area contributed by atoms with Crippen LogP contribution < -0.4 is 11.5 Å². The van der Waals surface area contributed by atoms with E-state index in [9.17, 15) is 0 Å². The fourth-order valence-electron chi connectivity index (χ4n) is 2.05. The van der Waals surface area contributed by atoms with E-state index in [-0.39, 0.29) is 0 Å². The molecule has 0 spiro atoms. The topological polar surface area (TPSA) is 64.4 Å². The number of nitrogens with two attached hydrogens (primary N) is 2. The number of aryl methyl sites for hydroxylation is 1. The van der Waals surface area contributed by atoms with Crippen molar-refractivity contribution in [1.82, 2.24) is 0 Å². The summed E-state index contributed by atoms with van der Waals surface area (Å²) in [5.74, 6) is 0. The second-order valence-corrected chi connectivity index (χ2v) is 4.50. The third-order valence-corrected chi connectivity index (χ3v) is 3.01. The molecule has 0 saturated heterocycles. The van der Waals surface area contributed by atoms with Gasteiger partial charge in [0.1, 0.15) is 0 Å². The minimum Gasteiger partial charge on any atom is -0.398 e. The summed E-state index contributed by atoms with van der Waals surface area (Å²) < 4.78 is 0. The molecular weight excluding hydrogens is 234 g/mol. The molecule has 0 aliphatic carbocycles. The summed E-state index contributed by atoms with van der Waals surface area (Å²) in [4.78, 5) is 4.57. The van der Waals surface area contributed by atoms with Crippen LogP contribution in [0.3, 0.4) is 0 Å². The van der Waals surface area contributed by atoms with Gasteiger partial charge in [0.2, 0.25) is 0 Å². The largest absolute Gasteiger partial charge is 0.398 e. The molecule has 0 aliphatic rings. The fourth-order valence-corrected chi connectivity index (χ4v) is 2.05. The molecule has 0 aromatic heterocycles. The molecule has 3 nitrogen and oxygen atoms in total. The van der Waals surface area contributed by atoms with Gasteiger partial charge in [0.15, 0.2) is 0 Å². The van der Waals surface area contributed by atoms with E-state index in [1.165, 1.54) is 5.56 Å². The van der Waals surface area contributed by atoms with Crippen LogP contribution in [0.2, 0.25) is 0 Å². The maximum Gasteiger partial charge on any atom is 0.0760 e. The minimum atomic E-state index is 0.660. The second-order valence-electron chi connectivity index (χ2n) is 4.50. The molecule has 0 bridgehead atoms. The first-order valence-corrected chi connectivity index (χ1v) is 6.39. The highest BCUT2D eigenvalue weighted by molar-refractivity contribution is 6.18. The van der Waals surface area contributed by atoms with Gasteiger partial charge >= 0.3 is 0 Å². The molecule has 2 rings (SSSR count). The van der Waals surface area contributed by atoms with Crippen molar-refractivity contribution in [1.29, 1.82) is 0 Å². The fraction of sp³-hybridized carbons (Fsp3) is 0.188. The average molecular weight is 253 g/mol. The van der Waals surface area contributed by atoms with Gasteiger partial charge in [-0.25, -0.2) is 0 Å². The smallest absolute Gasteiger partial charge is 0.0760 e. The first kappa shape index (κ1) is 13.1. The number of anilines is 2. The van der Waals surface area contributed by atoms with Crippen LogP contribution >= 0.6 is 0 Å². The zero-order chi connectivity index (χ0) is 13.8. The van der Waals surface area contributed by atoms with Crippen LogP contribution in [0.25, 0.3) is 0 Å². The molecule has 0 unspecified atom stereocenters. The predicted molar refractivity (Wildman–Crippen MR) is 82.6 cm³/mol. The zero-order valence-corrected chi connectivity index (χ0v) is 11.4. The number of rotatable bonds is 3. The van der Waals surface area contributed by atoms with E-state index in [0.717, 1.165) is 16.8 Å². The summed E-state index contributed by atoms with van der Waals surface area (Å²) in [5.41, 5.74) is 17.4. The monoisotopic (exact) mass is 253 g/mol. The molecule has 0 atom stereocenters. The van der Waals surface area contributed by atoms with Crippen LogP contribution in [0.5, 0.6) is 0 Å². The van der Waals surface area contributed by atoms with Crippen molar-refractivity contribution in [3.05, 3.63) is 59.2 Å². The first-order valence-electron chi connectivity index (χ1n) is 6.39. The average Bonchev–Trinajstić information content (AvgIpc) is 2.38. The zero-order valence-electron chi connectivity index (χ0n) is 11.4. The van der Waals surface area contributed by atoms with Crippen LogP contribution in [-0.4, -0.2) is 12.3 Å². The number of nitrogens with zero attached hydrogens (tertiary/aromatic N) is 1. The molecule has 0 heterocycles. The van der Waals surface area contributed by atoms with E-state index >= 15 is 0 Å². The lowest BCUT2D eigenvalue weighted by Crippen LogP contribution is -2.10. The van der Waals surface area contributed by atoms with E-state index in [0.29, 0.717) is 17.9 Å². The number of nitrogen functional groups attached to an aromatic ring is 2. The molecule has 0 amide bonds. The summed E-state index contributed by atoms with van der Waals surface area (Å²) in [6.45, 7) is 4.76. The Labute approximate surface area is 114 Å². The Bertz CT molecular complexity index is 578. The summed E-state index contributed by atoms with van der Waals surface area (Å²) in [6.07, 6.45) is 0. The van der Waals surface area contributed by atoms with Gasteiger partial charge in [-0.05, 0) is 26.0 Å². The third kappa shape index (κ3) is 2.76. The Morgan fingerprint density at radius 3 is 2.11 bits per heavy atom. The lowest BCUT2D eigenvalue weighted by atomic mass is 9.98. The van der Waals surface area contributed by atoms with Gasteiger partial charge in [-0.3, -0.25) is 4.99 Å². The van der Waals surface area contributed by atoms with Crippen molar-refractivity contribution < 1.29 is 0 Å². The summed E-state index contributed by atoms with van der Waals surface area (Å²) in [7, 11) is 0. The van der Waals surface area contributed by atoms with Gasteiger partial charge < -0.3 is 11.5 Å². The van der Waals surface area contributed by atoms with E-state index in [1.54, 1.807) is 0 Å². The summed E-state index contributed by atoms with van der Waals surface area (Å²) >= 11 is 0. The number of aliphatic imine (C=N–C) groups is 1. The third-order valence-electron chi connectivity index (χ3n) is 3.01. The second kappa shape index (κ2) is 5.57. The molecule has 0 radical (unpaired) electrons. The Kier molecular flexibility index (Phi) is 3.85. The van der Waals surface area contributed by atoms with Crippen molar-refractivity contribution >= 4 is 17.1 Å². The molecule has 19 heavy (non-hydrogen) atoms. The van der Waals surface area contributed by atoms with Gasteiger partial charge in [-0.1, -0.05) is 35.9 Å². The Morgan fingerprint density at radius 2 is 1.58 bits per heavy atom. The Morgan fingerprint density at radius 1 is 1.00 bits per heavy atom. The van der Waals surface area contributed by atoms with Crippen LogP contribution in [-0.2, 0) is 0 Å².